The molecule has 0 aromatic heterocycles. The number of carbonyl (C=O) groups excluding carboxylic acids is 1. The molecule has 0 bridgehead atoms. The number of hydrogen-bond donors (Lipinski definition) is 3. The summed E-state index contributed by atoms with van der Waals surface area (Å²) < 4.78 is 29.0. The molecule has 1 rings (SSSR count). The summed E-state index contributed by atoms with van der Waals surface area (Å²) in [6, 6.07) is 0. The van der Waals surface area contributed by atoms with Gasteiger partial charge < -0.3 is 15.2 Å². The van der Waals surface area contributed by atoms with E-state index in [2.05, 4.69) is 10.0 Å². The van der Waals surface area contributed by atoms with Gasteiger partial charge in [0, 0.05) is 7.97 Å². The van der Waals surface area contributed by atoms with Gasteiger partial charge in [0.05, 0.1) is 18.9 Å². The van der Waals surface area contributed by atoms with E-state index in [0.29, 0.717) is 6.54 Å². The highest BCUT2D eigenvalue weighted by molar-refractivity contribution is 7.89. The standard InChI is InChI=1S/C6H12N2O5S.H2/c9-1-2-14(11,12)8-4-5-3-7-6(10)13-5;/h5,8-9H,1-4H2,(H,7,10);1H/t5-;/m1./s1. The van der Waals surface area contributed by atoms with Gasteiger partial charge in [-0.1, -0.05) is 0 Å². The molecular formula is C6H14N2O5S. The number of hydrogen-bond acceptors (Lipinski definition) is 5. The van der Waals surface area contributed by atoms with Gasteiger partial charge in [-0.3, -0.25) is 0 Å². The Kier molecular flexibility index (Phi) is 3.67. The highest BCUT2D eigenvalue weighted by Gasteiger charge is 2.23. The summed E-state index contributed by atoms with van der Waals surface area (Å²) in [4.78, 5) is 10.6. The molecule has 0 aromatic carbocycles. The molecule has 84 valence electrons. The van der Waals surface area contributed by atoms with Crippen molar-refractivity contribution in [2.24, 2.45) is 0 Å². The van der Waals surface area contributed by atoms with Gasteiger partial charge in [-0.2, -0.15) is 0 Å². The van der Waals surface area contributed by atoms with E-state index in [1.165, 1.54) is 0 Å². The lowest BCUT2D eigenvalue weighted by atomic mass is 10.4. The summed E-state index contributed by atoms with van der Waals surface area (Å²) in [5.41, 5.74) is 0. The Labute approximate surface area is 83.0 Å². The zero-order chi connectivity index (χ0) is 10.6. The van der Waals surface area contributed by atoms with E-state index in [1.807, 2.05) is 0 Å². The van der Waals surface area contributed by atoms with Crippen molar-refractivity contribution in [3.63, 3.8) is 0 Å². The molecule has 0 spiro atoms. The van der Waals surface area contributed by atoms with Crippen LogP contribution in [0.5, 0.6) is 0 Å². The van der Waals surface area contributed by atoms with Crippen LogP contribution in [0.4, 0.5) is 4.79 Å². The number of ether oxygens (including phenoxy) is 1. The molecule has 1 atom stereocenters. The summed E-state index contributed by atoms with van der Waals surface area (Å²) in [6.45, 7) is -0.112. The third-order valence-electron chi connectivity index (χ3n) is 1.64. The quantitative estimate of drug-likeness (QED) is 0.516. The number of aliphatic hydroxyl groups is 1. The van der Waals surface area contributed by atoms with Crippen LogP contribution in [0.2, 0.25) is 0 Å². The molecule has 0 unspecified atom stereocenters. The first kappa shape index (κ1) is 11.2. The van der Waals surface area contributed by atoms with Gasteiger partial charge in [0.2, 0.25) is 10.0 Å². The average molecular weight is 226 g/mol. The average Bonchev–Trinajstić information content (AvgIpc) is 2.48. The molecule has 0 aromatic rings. The normalized spacial score (nSPS) is 21.8. The minimum atomic E-state index is -3.46. The van der Waals surface area contributed by atoms with Crippen LogP contribution in [0.25, 0.3) is 0 Å². The number of carbonyl (C=O) groups is 1. The Balaban J connectivity index is 0.00000196. The van der Waals surface area contributed by atoms with Crippen molar-refractivity contribution in [2.75, 3.05) is 25.4 Å². The number of rotatable bonds is 5. The molecule has 1 fully saturated rings. The predicted molar refractivity (Wildman–Crippen MR) is 49.3 cm³/mol. The summed E-state index contributed by atoms with van der Waals surface area (Å²) in [7, 11) is -3.46. The Hall–Kier alpha value is -0.860. The zero-order valence-electron chi connectivity index (χ0n) is 7.39. The first-order valence-corrected chi connectivity index (χ1v) is 5.71. The van der Waals surface area contributed by atoms with Crippen molar-refractivity contribution in [3.05, 3.63) is 0 Å². The summed E-state index contributed by atoms with van der Waals surface area (Å²) >= 11 is 0. The van der Waals surface area contributed by atoms with Crippen LogP contribution in [0.3, 0.4) is 0 Å². The molecule has 1 heterocycles. The third kappa shape index (κ3) is 3.48. The topological polar surface area (TPSA) is 105 Å². The lowest BCUT2D eigenvalue weighted by Gasteiger charge is -2.08. The lowest BCUT2D eigenvalue weighted by Crippen LogP contribution is -2.36. The molecule has 1 aliphatic rings. The minimum Gasteiger partial charge on any atom is -0.443 e. The second-order valence-electron chi connectivity index (χ2n) is 2.80. The van der Waals surface area contributed by atoms with Crippen molar-refractivity contribution in [1.82, 2.24) is 10.0 Å². The first-order valence-electron chi connectivity index (χ1n) is 4.06. The Morgan fingerprint density at radius 3 is 2.93 bits per heavy atom. The molecule has 1 aliphatic heterocycles. The molecule has 0 saturated carbocycles. The zero-order valence-corrected chi connectivity index (χ0v) is 8.21. The minimum absolute atomic E-state index is 0. The first-order chi connectivity index (χ1) is 6.53. The largest absolute Gasteiger partial charge is 0.443 e. The highest BCUT2D eigenvalue weighted by Crippen LogP contribution is 1.98. The van der Waals surface area contributed by atoms with Gasteiger partial charge in [-0.05, 0) is 0 Å². The van der Waals surface area contributed by atoms with Crippen LogP contribution < -0.4 is 10.0 Å². The fourth-order valence-electron chi connectivity index (χ4n) is 0.958. The summed E-state index contributed by atoms with van der Waals surface area (Å²) in [5.74, 6) is -0.346. The van der Waals surface area contributed by atoms with Crippen molar-refractivity contribution < 1.29 is 24.5 Å². The Morgan fingerprint density at radius 2 is 2.43 bits per heavy atom. The number of nitrogens with one attached hydrogen (secondary N) is 2. The van der Waals surface area contributed by atoms with Crippen LogP contribution in [-0.4, -0.2) is 51.2 Å². The Morgan fingerprint density at radius 1 is 1.71 bits per heavy atom. The van der Waals surface area contributed by atoms with E-state index in [9.17, 15) is 13.2 Å². The number of aliphatic hydroxyl groups excluding tert-OH is 1. The molecule has 3 N–H and O–H groups in total. The molecular weight excluding hydrogens is 212 g/mol. The molecule has 8 heteroatoms. The van der Waals surface area contributed by atoms with Crippen molar-refractivity contribution in [3.8, 4) is 0 Å². The van der Waals surface area contributed by atoms with Crippen LogP contribution >= 0.6 is 0 Å². The molecule has 1 amide bonds. The third-order valence-corrected chi connectivity index (χ3v) is 2.97. The van der Waals surface area contributed by atoms with E-state index in [-0.39, 0.29) is 13.7 Å². The van der Waals surface area contributed by atoms with Crippen LogP contribution in [0.1, 0.15) is 1.43 Å². The second kappa shape index (κ2) is 4.58. The fourth-order valence-corrected chi connectivity index (χ4v) is 1.78. The molecule has 14 heavy (non-hydrogen) atoms. The second-order valence-corrected chi connectivity index (χ2v) is 4.73. The number of cyclic esters (lactones) is 1. The molecule has 0 radical (unpaired) electrons. The van der Waals surface area contributed by atoms with Gasteiger partial charge in [-0.25, -0.2) is 17.9 Å². The van der Waals surface area contributed by atoms with Crippen LogP contribution in [0, 0.1) is 0 Å². The van der Waals surface area contributed by atoms with Gasteiger partial charge in [0.25, 0.3) is 0 Å². The van der Waals surface area contributed by atoms with Crippen LogP contribution in [0.15, 0.2) is 0 Å². The van der Waals surface area contributed by atoms with E-state index in [1.54, 1.807) is 0 Å². The van der Waals surface area contributed by atoms with E-state index in [0.717, 1.165) is 0 Å². The fraction of sp³-hybridized carbons (Fsp3) is 0.833. The van der Waals surface area contributed by atoms with Crippen LogP contribution in [-0.2, 0) is 14.8 Å². The SMILES string of the molecule is O=C1NC[C@H](CNS(=O)(=O)CCO)O1.[HH]. The number of alkyl carbamates (subject to hydrolysis) is 1. The van der Waals surface area contributed by atoms with Gasteiger partial charge >= 0.3 is 6.09 Å². The predicted octanol–water partition coefficient (Wildman–Crippen LogP) is -1.75. The van der Waals surface area contributed by atoms with Gasteiger partial charge in [-0.15, -0.1) is 0 Å². The smallest absolute Gasteiger partial charge is 0.407 e. The maximum absolute atomic E-state index is 11.0. The monoisotopic (exact) mass is 226 g/mol. The maximum Gasteiger partial charge on any atom is 0.407 e. The van der Waals surface area contributed by atoms with Crippen molar-refractivity contribution in [2.45, 2.75) is 6.10 Å². The lowest BCUT2D eigenvalue weighted by molar-refractivity contribution is 0.142. The number of sulfonamides is 1. The molecule has 0 aliphatic carbocycles. The highest BCUT2D eigenvalue weighted by atomic mass is 32.2. The summed E-state index contributed by atoms with van der Waals surface area (Å²) in [5, 5.41) is 10.8. The maximum atomic E-state index is 11.0. The van der Waals surface area contributed by atoms with Gasteiger partial charge in [0.15, 0.2) is 0 Å². The van der Waals surface area contributed by atoms with E-state index >= 15 is 0 Å². The number of amides is 1. The van der Waals surface area contributed by atoms with E-state index in [4.69, 9.17) is 9.84 Å². The summed E-state index contributed by atoms with van der Waals surface area (Å²) in [6.07, 6.45) is -1.02. The Bertz CT molecular complexity index is 307. The molecule has 1 saturated heterocycles. The molecule has 7 nitrogen and oxygen atoms in total. The van der Waals surface area contributed by atoms with E-state index < -0.39 is 28.8 Å². The van der Waals surface area contributed by atoms with Gasteiger partial charge in [0.1, 0.15) is 6.10 Å². The van der Waals surface area contributed by atoms with Crippen molar-refractivity contribution >= 4 is 16.1 Å². The van der Waals surface area contributed by atoms with Crippen molar-refractivity contribution in [1.29, 1.82) is 0 Å².